The monoisotopic (exact) mass is 420 g/mol. The molecular formula is C16H29IN4O. The summed E-state index contributed by atoms with van der Waals surface area (Å²) in [5, 5.41) is 6.59. The first-order valence-electron chi connectivity index (χ1n) is 7.25. The molecule has 5 nitrogen and oxygen atoms in total. The van der Waals surface area contributed by atoms with E-state index in [0.29, 0.717) is 12.6 Å². The molecule has 1 rings (SSSR count). The molecule has 2 N–H and O–H groups in total. The van der Waals surface area contributed by atoms with Crippen LogP contribution in [0.4, 0.5) is 0 Å². The third-order valence-corrected chi connectivity index (χ3v) is 3.37. The number of aryl methyl sites for hydroxylation is 1. The van der Waals surface area contributed by atoms with E-state index in [-0.39, 0.29) is 24.0 Å². The molecule has 22 heavy (non-hydrogen) atoms. The minimum Gasteiger partial charge on any atom is -0.383 e. The molecule has 0 aliphatic rings. The van der Waals surface area contributed by atoms with E-state index in [9.17, 15) is 0 Å². The van der Waals surface area contributed by atoms with Crippen molar-refractivity contribution in [2.24, 2.45) is 4.99 Å². The van der Waals surface area contributed by atoms with E-state index < -0.39 is 0 Å². The van der Waals surface area contributed by atoms with E-state index in [1.54, 1.807) is 14.2 Å². The van der Waals surface area contributed by atoms with Gasteiger partial charge in [-0.05, 0) is 26.6 Å². The number of guanidine groups is 1. The van der Waals surface area contributed by atoms with E-state index in [4.69, 9.17) is 4.74 Å². The van der Waals surface area contributed by atoms with Gasteiger partial charge in [0.2, 0.25) is 0 Å². The van der Waals surface area contributed by atoms with E-state index in [2.05, 4.69) is 65.8 Å². The summed E-state index contributed by atoms with van der Waals surface area (Å²) in [6, 6.07) is 8.96. The number of benzene rings is 1. The maximum Gasteiger partial charge on any atom is 0.191 e. The Kier molecular flexibility index (Phi) is 11.2. The smallest absolute Gasteiger partial charge is 0.191 e. The van der Waals surface area contributed by atoms with Crippen molar-refractivity contribution in [2.75, 3.05) is 47.9 Å². The van der Waals surface area contributed by atoms with Gasteiger partial charge in [0.1, 0.15) is 0 Å². The summed E-state index contributed by atoms with van der Waals surface area (Å²) in [5.74, 6) is 0.797. The van der Waals surface area contributed by atoms with Crippen LogP contribution in [0.15, 0.2) is 29.3 Å². The number of aliphatic imine (C=N–C) groups is 1. The number of ether oxygens (including phenoxy) is 1. The predicted molar refractivity (Wildman–Crippen MR) is 104 cm³/mol. The number of likely N-dealkylation sites (N-methyl/N-ethyl adjacent to an activating group) is 1. The Labute approximate surface area is 151 Å². The van der Waals surface area contributed by atoms with Crippen molar-refractivity contribution in [1.82, 2.24) is 15.5 Å². The molecule has 0 aliphatic carbocycles. The minimum atomic E-state index is 0. The number of hydrogen-bond acceptors (Lipinski definition) is 3. The topological polar surface area (TPSA) is 48.9 Å². The fourth-order valence-electron chi connectivity index (χ4n) is 2.07. The van der Waals surface area contributed by atoms with E-state index >= 15 is 0 Å². The second-order valence-corrected chi connectivity index (χ2v) is 5.26. The quantitative estimate of drug-likeness (QED) is 0.307. The molecule has 0 heterocycles. The molecule has 0 saturated heterocycles. The molecule has 1 unspecified atom stereocenters. The first-order valence-corrected chi connectivity index (χ1v) is 7.25. The van der Waals surface area contributed by atoms with Gasteiger partial charge in [-0.3, -0.25) is 4.99 Å². The van der Waals surface area contributed by atoms with Gasteiger partial charge in [0.25, 0.3) is 0 Å². The second-order valence-electron chi connectivity index (χ2n) is 5.26. The third-order valence-electron chi connectivity index (χ3n) is 3.37. The Hall–Kier alpha value is -0.860. The molecule has 6 heteroatoms. The number of rotatable bonds is 7. The van der Waals surface area contributed by atoms with Crippen molar-refractivity contribution in [2.45, 2.75) is 13.0 Å². The largest absolute Gasteiger partial charge is 0.383 e. The van der Waals surface area contributed by atoms with Crippen LogP contribution in [0.3, 0.4) is 0 Å². The summed E-state index contributed by atoms with van der Waals surface area (Å²) in [6.07, 6.45) is 0. The summed E-state index contributed by atoms with van der Waals surface area (Å²) in [6.45, 7) is 4.31. The van der Waals surface area contributed by atoms with Gasteiger partial charge in [0, 0.05) is 27.2 Å². The summed E-state index contributed by atoms with van der Waals surface area (Å²) in [4.78, 5) is 6.43. The van der Waals surface area contributed by atoms with Gasteiger partial charge in [-0.25, -0.2) is 0 Å². The maximum atomic E-state index is 5.03. The Morgan fingerprint density at radius 1 is 1.23 bits per heavy atom. The average Bonchev–Trinajstić information content (AvgIpc) is 2.47. The molecule has 0 spiro atoms. The van der Waals surface area contributed by atoms with Crippen LogP contribution in [-0.4, -0.2) is 58.8 Å². The van der Waals surface area contributed by atoms with Gasteiger partial charge in [-0.15, -0.1) is 24.0 Å². The lowest BCUT2D eigenvalue weighted by Crippen LogP contribution is -2.42. The van der Waals surface area contributed by atoms with Gasteiger partial charge >= 0.3 is 0 Å². The van der Waals surface area contributed by atoms with Crippen molar-refractivity contribution in [3.05, 3.63) is 35.4 Å². The highest BCUT2D eigenvalue weighted by Gasteiger charge is 2.14. The van der Waals surface area contributed by atoms with Crippen LogP contribution in [-0.2, 0) is 4.74 Å². The summed E-state index contributed by atoms with van der Waals surface area (Å²) in [5.41, 5.74) is 2.58. The molecular weight excluding hydrogens is 391 g/mol. The number of hydrogen-bond donors (Lipinski definition) is 2. The number of nitrogens with one attached hydrogen (secondary N) is 2. The van der Waals surface area contributed by atoms with Crippen LogP contribution in [0.25, 0.3) is 0 Å². The first-order chi connectivity index (χ1) is 10.1. The standard InChI is InChI=1S/C16H28N4O.HI/c1-13-6-8-14(9-7-13)15(20(3)4)12-19-16(17-2)18-10-11-21-5;/h6-9,15H,10-12H2,1-5H3,(H2,17,18,19);1H. The highest BCUT2D eigenvalue weighted by molar-refractivity contribution is 14.0. The van der Waals surface area contributed by atoms with E-state index in [0.717, 1.165) is 19.0 Å². The van der Waals surface area contributed by atoms with Crippen LogP contribution in [0.2, 0.25) is 0 Å². The van der Waals surface area contributed by atoms with Crippen molar-refractivity contribution in [3.8, 4) is 0 Å². The molecule has 1 aromatic carbocycles. The molecule has 1 aromatic rings. The molecule has 0 bridgehead atoms. The van der Waals surface area contributed by atoms with Crippen molar-refractivity contribution in [3.63, 3.8) is 0 Å². The molecule has 1 atom stereocenters. The normalized spacial score (nSPS) is 12.7. The Morgan fingerprint density at radius 2 is 1.86 bits per heavy atom. The molecule has 0 aromatic heterocycles. The summed E-state index contributed by atoms with van der Waals surface area (Å²) in [7, 11) is 7.65. The Bertz CT molecular complexity index is 434. The lowest BCUT2D eigenvalue weighted by molar-refractivity contribution is 0.203. The number of halogens is 1. The number of methoxy groups -OCH3 is 1. The van der Waals surface area contributed by atoms with Crippen LogP contribution < -0.4 is 10.6 Å². The SMILES string of the molecule is CN=C(NCCOC)NCC(c1ccc(C)cc1)N(C)C.I. The lowest BCUT2D eigenvalue weighted by Gasteiger charge is -2.26. The Balaban J connectivity index is 0.00000441. The van der Waals surface area contributed by atoms with Gasteiger partial charge in [-0.1, -0.05) is 29.8 Å². The molecule has 0 fully saturated rings. The van der Waals surface area contributed by atoms with Crippen LogP contribution >= 0.6 is 24.0 Å². The summed E-state index contributed by atoms with van der Waals surface area (Å²) >= 11 is 0. The predicted octanol–water partition coefficient (Wildman–Crippen LogP) is 2.03. The van der Waals surface area contributed by atoms with Crippen molar-refractivity contribution < 1.29 is 4.74 Å². The zero-order valence-corrected chi connectivity index (χ0v) is 16.5. The molecule has 0 aliphatic heterocycles. The fourth-order valence-corrected chi connectivity index (χ4v) is 2.07. The summed E-state index contributed by atoms with van der Waals surface area (Å²) < 4.78 is 5.03. The number of nitrogens with zero attached hydrogens (tertiary/aromatic N) is 2. The zero-order chi connectivity index (χ0) is 15.7. The van der Waals surface area contributed by atoms with Gasteiger partial charge in [0.15, 0.2) is 5.96 Å². The van der Waals surface area contributed by atoms with Crippen molar-refractivity contribution in [1.29, 1.82) is 0 Å². The molecule has 126 valence electrons. The van der Waals surface area contributed by atoms with Gasteiger partial charge in [0.05, 0.1) is 12.6 Å². The minimum absolute atomic E-state index is 0. The molecule has 0 amide bonds. The van der Waals surface area contributed by atoms with Crippen LogP contribution in [0.1, 0.15) is 17.2 Å². The van der Waals surface area contributed by atoms with Crippen LogP contribution in [0.5, 0.6) is 0 Å². The van der Waals surface area contributed by atoms with Crippen molar-refractivity contribution >= 4 is 29.9 Å². The lowest BCUT2D eigenvalue weighted by atomic mass is 10.0. The first kappa shape index (κ1) is 21.1. The second kappa shape index (κ2) is 11.7. The fraction of sp³-hybridized carbons (Fsp3) is 0.562. The van der Waals surface area contributed by atoms with Crippen LogP contribution in [0, 0.1) is 6.92 Å². The third kappa shape index (κ3) is 7.42. The van der Waals surface area contributed by atoms with E-state index in [1.807, 2.05) is 0 Å². The molecule has 0 saturated carbocycles. The zero-order valence-electron chi connectivity index (χ0n) is 14.2. The Morgan fingerprint density at radius 3 is 2.36 bits per heavy atom. The van der Waals surface area contributed by atoms with Gasteiger partial charge in [-0.2, -0.15) is 0 Å². The highest BCUT2D eigenvalue weighted by atomic mass is 127. The average molecular weight is 420 g/mol. The molecule has 0 radical (unpaired) electrons. The highest BCUT2D eigenvalue weighted by Crippen LogP contribution is 2.17. The van der Waals surface area contributed by atoms with Gasteiger partial charge < -0.3 is 20.3 Å². The maximum absolute atomic E-state index is 5.03. The van der Waals surface area contributed by atoms with E-state index in [1.165, 1.54) is 11.1 Å².